The fraction of sp³-hybridized carbons (Fsp3) is 0. The molecule has 4 heterocycles. The number of benzene rings is 2. The molecule has 0 spiro atoms. The zero-order chi connectivity index (χ0) is 19.9. The molecular weight excluding hydrogens is 521 g/mol. The third-order valence-corrected chi connectivity index (χ3v) is 14.6. The predicted molar refractivity (Wildman–Crippen MR) is 153 cm³/mol. The lowest BCUT2D eigenvalue weighted by Crippen LogP contribution is -1.88. The smallest absolute Gasteiger partial charge is 0.0700 e. The summed E-state index contributed by atoms with van der Waals surface area (Å²) < 4.78 is 5.61. The lowest BCUT2D eigenvalue weighted by atomic mass is 9.99. The molecular formula is C22H12S8. The minimum absolute atomic E-state index is 1.31. The average molecular weight is 533 g/mol. The first-order chi connectivity index (χ1) is 14.9. The molecule has 0 N–H and O–H groups in total. The highest BCUT2D eigenvalue weighted by Gasteiger charge is 2.24. The second-order valence-electron chi connectivity index (χ2n) is 6.28. The van der Waals surface area contributed by atoms with Crippen LogP contribution in [0.5, 0.6) is 0 Å². The normalized spacial score (nSPS) is 20.8. The van der Waals surface area contributed by atoms with Crippen LogP contribution in [0.25, 0.3) is 20.6 Å². The van der Waals surface area contributed by atoms with Gasteiger partial charge in [-0.25, -0.2) is 0 Å². The van der Waals surface area contributed by atoms with E-state index in [-0.39, 0.29) is 0 Å². The SMILES string of the molecule is C1=CSC(=C2SC=C(c3cccc4cccc(C5=CSC(=C6SC=CS6)S5)c34)S2)S1. The average Bonchev–Trinajstić information content (AvgIpc) is 3.58. The Bertz CT molecular complexity index is 1130. The van der Waals surface area contributed by atoms with Crippen molar-refractivity contribution >= 4 is 115 Å². The van der Waals surface area contributed by atoms with Gasteiger partial charge in [0, 0.05) is 9.81 Å². The molecule has 0 bridgehead atoms. The van der Waals surface area contributed by atoms with Crippen molar-refractivity contribution in [2.24, 2.45) is 0 Å². The summed E-state index contributed by atoms with van der Waals surface area (Å²) in [6.07, 6.45) is 0. The summed E-state index contributed by atoms with van der Waals surface area (Å²) in [5.41, 5.74) is 2.69. The van der Waals surface area contributed by atoms with Gasteiger partial charge in [0.05, 0.1) is 16.9 Å². The standard InChI is InChI=1S/C22H12S8/c1-3-13-4-2-6-15(17-12-28-22(30-17)20-25-9-10-26-20)18(13)14(5-1)16-11-27-21(29-16)19-23-7-8-24-19/h1-12H. The summed E-state index contributed by atoms with van der Waals surface area (Å²) in [7, 11) is 0. The maximum absolute atomic E-state index is 2.33. The van der Waals surface area contributed by atoms with Crippen molar-refractivity contribution < 1.29 is 0 Å². The largest absolute Gasteiger partial charge is 0.0884 e. The summed E-state index contributed by atoms with van der Waals surface area (Å²) in [5, 5.41) is 16.0. The molecule has 0 amide bonds. The van der Waals surface area contributed by atoms with Crippen molar-refractivity contribution in [3.05, 3.63) is 96.9 Å². The molecule has 0 saturated carbocycles. The molecule has 0 fully saturated rings. The van der Waals surface area contributed by atoms with Gasteiger partial charge in [0.1, 0.15) is 0 Å². The summed E-state index contributed by atoms with van der Waals surface area (Å²) >= 11 is 14.9. The van der Waals surface area contributed by atoms with Gasteiger partial charge in [-0.2, -0.15) is 0 Å². The molecule has 0 saturated heterocycles. The minimum Gasteiger partial charge on any atom is -0.0884 e. The Labute approximate surface area is 209 Å². The van der Waals surface area contributed by atoms with Gasteiger partial charge in [0.2, 0.25) is 0 Å². The van der Waals surface area contributed by atoms with E-state index in [2.05, 4.69) is 68.8 Å². The third kappa shape index (κ3) is 3.92. The first-order valence-corrected chi connectivity index (χ1v) is 15.8. The highest BCUT2D eigenvalue weighted by Crippen LogP contribution is 2.58. The lowest BCUT2D eigenvalue weighted by Gasteiger charge is -2.13. The van der Waals surface area contributed by atoms with Crippen molar-refractivity contribution in [1.82, 2.24) is 0 Å². The molecule has 4 aliphatic heterocycles. The van der Waals surface area contributed by atoms with Gasteiger partial charge in [-0.15, -0.1) is 0 Å². The molecule has 148 valence electrons. The second-order valence-corrected chi connectivity index (χ2v) is 14.8. The number of hydrogen-bond donors (Lipinski definition) is 0. The molecule has 6 rings (SSSR count). The topological polar surface area (TPSA) is 0 Å². The highest BCUT2D eigenvalue weighted by atomic mass is 32.2. The number of rotatable bonds is 2. The monoisotopic (exact) mass is 532 g/mol. The number of fused-ring (bicyclic) bond motifs is 1. The van der Waals surface area contributed by atoms with Gasteiger partial charge in [-0.1, -0.05) is 130 Å². The van der Waals surface area contributed by atoms with Crippen LogP contribution in [-0.2, 0) is 0 Å². The van der Waals surface area contributed by atoms with Crippen molar-refractivity contribution in [2.45, 2.75) is 0 Å². The minimum atomic E-state index is 1.31. The van der Waals surface area contributed by atoms with Gasteiger partial charge in [0.25, 0.3) is 0 Å². The van der Waals surface area contributed by atoms with Crippen LogP contribution < -0.4 is 0 Å². The molecule has 2 aromatic rings. The summed E-state index contributed by atoms with van der Waals surface area (Å²) in [4.78, 5) is 2.71. The zero-order valence-corrected chi connectivity index (χ0v) is 21.7. The van der Waals surface area contributed by atoms with Crippen LogP contribution in [0.15, 0.2) is 85.8 Å². The van der Waals surface area contributed by atoms with E-state index in [9.17, 15) is 0 Å². The van der Waals surface area contributed by atoms with E-state index in [1.165, 1.54) is 48.7 Å². The maximum atomic E-state index is 2.33. The molecule has 8 heteroatoms. The first kappa shape index (κ1) is 20.5. The van der Waals surface area contributed by atoms with Crippen molar-refractivity contribution in [2.75, 3.05) is 0 Å². The Morgan fingerprint density at radius 3 is 1.40 bits per heavy atom. The first-order valence-electron chi connectivity index (χ1n) is 8.94. The zero-order valence-electron chi connectivity index (χ0n) is 15.2. The quantitative estimate of drug-likeness (QED) is 0.370. The van der Waals surface area contributed by atoms with E-state index in [0.29, 0.717) is 0 Å². The maximum Gasteiger partial charge on any atom is 0.0700 e. The Balaban J connectivity index is 1.39. The van der Waals surface area contributed by atoms with E-state index in [4.69, 9.17) is 0 Å². The van der Waals surface area contributed by atoms with Crippen LogP contribution in [0.4, 0.5) is 0 Å². The van der Waals surface area contributed by atoms with Crippen LogP contribution in [0.3, 0.4) is 0 Å². The molecule has 0 nitrogen and oxygen atoms in total. The molecule has 0 aliphatic carbocycles. The van der Waals surface area contributed by atoms with Crippen molar-refractivity contribution in [1.29, 1.82) is 0 Å². The van der Waals surface area contributed by atoms with E-state index in [0.717, 1.165) is 0 Å². The van der Waals surface area contributed by atoms with Gasteiger partial charge < -0.3 is 0 Å². The Hall–Kier alpha value is -0.0600. The fourth-order valence-electron chi connectivity index (χ4n) is 3.28. The van der Waals surface area contributed by atoms with Crippen LogP contribution in [0.2, 0.25) is 0 Å². The molecule has 0 radical (unpaired) electrons. The predicted octanol–water partition coefficient (Wildman–Crippen LogP) is 10.6. The molecule has 2 aromatic carbocycles. The number of hydrogen-bond acceptors (Lipinski definition) is 8. The van der Waals surface area contributed by atoms with Crippen molar-refractivity contribution in [3.8, 4) is 0 Å². The van der Waals surface area contributed by atoms with Crippen LogP contribution >= 0.6 is 94.1 Å². The van der Waals surface area contributed by atoms with E-state index < -0.39 is 0 Å². The van der Waals surface area contributed by atoms with Gasteiger partial charge >= 0.3 is 0 Å². The summed E-state index contributed by atoms with van der Waals surface area (Å²) in [6.45, 7) is 0. The second kappa shape index (κ2) is 9.06. The molecule has 0 aromatic heterocycles. The lowest BCUT2D eigenvalue weighted by molar-refractivity contribution is 1.68. The molecule has 4 aliphatic rings. The Morgan fingerprint density at radius 2 is 0.933 bits per heavy atom. The molecule has 0 unspecified atom stereocenters. The van der Waals surface area contributed by atoms with Gasteiger partial charge in [-0.3, -0.25) is 0 Å². The van der Waals surface area contributed by atoms with E-state index in [1.54, 1.807) is 0 Å². The fourth-order valence-corrected chi connectivity index (χ4v) is 12.3. The van der Waals surface area contributed by atoms with Gasteiger partial charge in [0.15, 0.2) is 0 Å². The van der Waals surface area contributed by atoms with Crippen LogP contribution in [-0.4, -0.2) is 0 Å². The van der Waals surface area contributed by atoms with Crippen LogP contribution in [0.1, 0.15) is 11.1 Å². The summed E-state index contributed by atoms with van der Waals surface area (Å²) in [5.74, 6) is 0. The third-order valence-electron chi connectivity index (χ3n) is 4.53. The Kier molecular flexibility index (Phi) is 6.20. The van der Waals surface area contributed by atoms with Crippen molar-refractivity contribution in [3.63, 3.8) is 0 Å². The Morgan fingerprint density at radius 1 is 0.467 bits per heavy atom. The highest BCUT2D eigenvalue weighted by molar-refractivity contribution is 8.36. The summed E-state index contributed by atoms with van der Waals surface area (Å²) in [6, 6.07) is 13.4. The number of thioether (sulfide) groups is 8. The van der Waals surface area contributed by atoms with Crippen LogP contribution in [0, 0.1) is 0 Å². The molecule has 30 heavy (non-hydrogen) atoms. The molecule has 0 atom stereocenters. The van der Waals surface area contributed by atoms with E-state index in [1.807, 2.05) is 94.1 Å². The van der Waals surface area contributed by atoms with E-state index >= 15 is 0 Å². The van der Waals surface area contributed by atoms with Gasteiger partial charge in [-0.05, 0) is 54.3 Å².